The highest BCUT2D eigenvalue weighted by Gasteiger charge is 2.20. The fraction of sp³-hybridized carbons (Fsp3) is 0.0769. The number of hydrogen-bond acceptors (Lipinski definition) is 3. The maximum atomic E-state index is 12.4. The van der Waals surface area contributed by atoms with Crippen molar-refractivity contribution in [3.63, 3.8) is 0 Å². The van der Waals surface area contributed by atoms with Crippen molar-refractivity contribution in [3.05, 3.63) is 56.5 Å². The van der Waals surface area contributed by atoms with Gasteiger partial charge in [0.1, 0.15) is 4.90 Å². The van der Waals surface area contributed by atoms with Crippen LogP contribution in [0, 0.1) is 0 Å². The van der Waals surface area contributed by atoms with Crippen LogP contribution in [0.2, 0.25) is 10.0 Å². The SMILES string of the molecule is O=S(=O)(Nc1cccc(Cl)c1Cl)c1cc(CO)ccc1Br. The summed E-state index contributed by atoms with van der Waals surface area (Å²) >= 11 is 15.0. The van der Waals surface area contributed by atoms with Gasteiger partial charge in [0, 0.05) is 4.47 Å². The first-order chi connectivity index (χ1) is 9.85. The second kappa shape index (κ2) is 6.54. The molecule has 8 heteroatoms. The number of hydrogen-bond donors (Lipinski definition) is 2. The molecule has 0 aromatic heterocycles. The Kier molecular flexibility index (Phi) is 5.16. The molecule has 0 fully saturated rings. The summed E-state index contributed by atoms with van der Waals surface area (Å²) in [6, 6.07) is 9.21. The molecule has 2 rings (SSSR count). The molecule has 0 atom stereocenters. The minimum Gasteiger partial charge on any atom is -0.392 e. The molecule has 0 unspecified atom stereocenters. The van der Waals surface area contributed by atoms with Gasteiger partial charge in [0.25, 0.3) is 10.0 Å². The number of halogens is 3. The van der Waals surface area contributed by atoms with Gasteiger partial charge < -0.3 is 5.11 Å². The van der Waals surface area contributed by atoms with Crippen molar-refractivity contribution in [2.24, 2.45) is 0 Å². The number of anilines is 1. The Bertz CT molecular complexity index is 781. The highest BCUT2D eigenvalue weighted by atomic mass is 79.9. The summed E-state index contributed by atoms with van der Waals surface area (Å²) in [5.74, 6) is 0. The van der Waals surface area contributed by atoms with Gasteiger partial charge in [-0.2, -0.15) is 0 Å². The van der Waals surface area contributed by atoms with Gasteiger partial charge >= 0.3 is 0 Å². The molecule has 0 aliphatic heterocycles. The van der Waals surface area contributed by atoms with Crippen LogP contribution in [-0.2, 0) is 16.6 Å². The van der Waals surface area contributed by atoms with E-state index in [4.69, 9.17) is 28.3 Å². The summed E-state index contributed by atoms with van der Waals surface area (Å²) in [6.07, 6.45) is 0. The molecule has 2 N–H and O–H groups in total. The molecule has 21 heavy (non-hydrogen) atoms. The lowest BCUT2D eigenvalue weighted by Gasteiger charge is -2.12. The van der Waals surface area contributed by atoms with Crippen LogP contribution in [0.15, 0.2) is 45.8 Å². The van der Waals surface area contributed by atoms with E-state index in [0.29, 0.717) is 10.0 Å². The molecule has 0 aliphatic carbocycles. The Morgan fingerprint density at radius 2 is 1.90 bits per heavy atom. The average molecular weight is 411 g/mol. The molecule has 0 heterocycles. The van der Waals surface area contributed by atoms with E-state index in [0.717, 1.165) is 0 Å². The second-order valence-corrected chi connectivity index (χ2v) is 7.42. The molecular weight excluding hydrogens is 401 g/mol. The van der Waals surface area contributed by atoms with E-state index in [9.17, 15) is 8.42 Å². The Morgan fingerprint density at radius 1 is 1.19 bits per heavy atom. The van der Waals surface area contributed by atoms with E-state index in [1.807, 2.05) is 0 Å². The third-order valence-electron chi connectivity index (χ3n) is 2.66. The highest BCUT2D eigenvalue weighted by molar-refractivity contribution is 9.10. The van der Waals surface area contributed by atoms with Gasteiger partial charge in [0.2, 0.25) is 0 Å². The van der Waals surface area contributed by atoms with Crippen LogP contribution in [-0.4, -0.2) is 13.5 Å². The van der Waals surface area contributed by atoms with Crippen LogP contribution in [0.4, 0.5) is 5.69 Å². The van der Waals surface area contributed by atoms with Gasteiger partial charge in [-0.25, -0.2) is 8.42 Å². The minimum absolute atomic E-state index is 0.00471. The number of sulfonamides is 1. The topological polar surface area (TPSA) is 66.4 Å². The van der Waals surface area contributed by atoms with Crippen molar-refractivity contribution >= 4 is 54.8 Å². The first-order valence-corrected chi connectivity index (χ1v) is 8.74. The monoisotopic (exact) mass is 409 g/mol. The van der Waals surface area contributed by atoms with Crippen molar-refractivity contribution in [2.75, 3.05) is 4.72 Å². The Hall–Kier alpha value is -0.790. The molecule has 2 aromatic rings. The maximum absolute atomic E-state index is 12.4. The summed E-state index contributed by atoms with van der Waals surface area (Å²) in [7, 11) is -3.87. The largest absolute Gasteiger partial charge is 0.392 e. The van der Waals surface area contributed by atoms with E-state index in [2.05, 4.69) is 20.7 Å². The lowest BCUT2D eigenvalue weighted by Crippen LogP contribution is -2.14. The van der Waals surface area contributed by atoms with Crippen LogP contribution in [0.3, 0.4) is 0 Å². The van der Waals surface area contributed by atoms with Crippen molar-refractivity contribution in [3.8, 4) is 0 Å². The fourth-order valence-electron chi connectivity index (χ4n) is 1.63. The molecular formula is C13H10BrCl2NO3S. The molecule has 0 radical (unpaired) electrons. The van der Waals surface area contributed by atoms with Crippen LogP contribution in [0.1, 0.15) is 5.56 Å². The lowest BCUT2D eigenvalue weighted by atomic mass is 10.2. The third kappa shape index (κ3) is 3.70. The van der Waals surface area contributed by atoms with Gasteiger partial charge in [-0.3, -0.25) is 4.72 Å². The molecule has 0 saturated carbocycles. The van der Waals surface area contributed by atoms with Crippen molar-refractivity contribution in [1.29, 1.82) is 0 Å². The quantitative estimate of drug-likeness (QED) is 0.798. The van der Waals surface area contributed by atoms with Gasteiger partial charge in [0.15, 0.2) is 0 Å². The smallest absolute Gasteiger partial charge is 0.263 e. The summed E-state index contributed by atoms with van der Waals surface area (Å²) in [5, 5.41) is 9.49. The molecule has 4 nitrogen and oxygen atoms in total. The first-order valence-electron chi connectivity index (χ1n) is 5.71. The number of rotatable bonds is 4. The standard InChI is InChI=1S/C13H10BrCl2NO3S/c14-9-5-4-8(7-18)6-12(9)21(19,20)17-11-3-1-2-10(15)13(11)16/h1-6,17-18H,7H2. The zero-order valence-electron chi connectivity index (χ0n) is 10.5. The molecule has 2 aromatic carbocycles. The van der Waals surface area contributed by atoms with E-state index < -0.39 is 10.0 Å². The maximum Gasteiger partial charge on any atom is 0.263 e. The lowest BCUT2D eigenvalue weighted by molar-refractivity contribution is 0.281. The zero-order chi connectivity index (χ0) is 15.6. The molecule has 112 valence electrons. The fourth-order valence-corrected chi connectivity index (χ4v) is 4.13. The van der Waals surface area contributed by atoms with E-state index >= 15 is 0 Å². The zero-order valence-corrected chi connectivity index (χ0v) is 14.4. The molecule has 0 bridgehead atoms. The van der Waals surface area contributed by atoms with E-state index in [1.165, 1.54) is 12.1 Å². The summed E-state index contributed by atoms with van der Waals surface area (Å²) in [5.41, 5.74) is 0.668. The number of aliphatic hydroxyl groups is 1. The summed E-state index contributed by atoms with van der Waals surface area (Å²) < 4.78 is 27.6. The van der Waals surface area contributed by atoms with Gasteiger partial charge in [-0.1, -0.05) is 35.3 Å². The van der Waals surface area contributed by atoms with Crippen LogP contribution in [0.25, 0.3) is 0 Å². The van der Waals surface area contributed by atoms with Gasteiger partial charge in [-0.05, 0) is 45.8 Å². The second-order valence-electron chi connectivity index (χ2n) is 4.13. The summed E-state index contributed by atoms with van der Waals surface area (Å²) in [4.78, 5) is 0.00471. The molecule has 0 amide bonds. The Labute approximate surface area is 140 Å². The summed E-state index contributed by atoms with van der Waals surface area (Å²) in [6.45, 7) is -0.256. The minimum atomic E-state index is -3.87. The Balaban J connectivity index is 2.46. The highest BCUT2D eigenvalue weighted by Crippen LogP contribution is 2.32. The average Bonchev–Trinajstić information content (AvgIpc) is 2.44. The normalized spacial score (nSPS) is 11.4. The molecule has 0 aliphatic rings. The Morgan fingerprint density at radius 3 is 2.57 bits per heavy atom. The van der Waals surface area contributed by atoms with Crippen LogP contribution in [0.5, 0.6) is 0 Å². The predicted octanol–water partition coefficient (Wildman–Crippen LogP) is 4.05. The van der Waals surface area contributed by atoms with Crippen molar-refractivity contribution < 1.29 is 13.5 Å². The number of aliphatic hydroxyl groups excluding tert-OH is 1. The van der Waals surface area contributed by atoms with Gasteiger partial charge in [0.05, 0.1) is 22.3 Å². The van der Waals surface area contributed by atoms with Crippen molar-refractivity contribution in [1.82, 2.24) is 0 Å². The first kappa shape index (κ1) is 16.6. The van der Waals surface area contributed by atoms with Crippen LogP contribution < -0.4 is 4.72 Å². The van der Waals surface area contributed by atoms with Crippen LogP contribution >= 0.6 is 39.1 Å². The van der Waals surface area contributed by atoms with Gasteiger partial charge in [-0.15, -0.1) is 0 Å². The van der Waals surface area contributed by atoms with E-state index in [-0.39, 0.29) is 27.2 Å². The molecule has 0 spiro atoms. The third-order valence-corrected chi connectivity index (χ3v) is 5.84. The number of nitrogens with one attached hydrogen (secondary N) is 1. The molecule has 0 saturated heterocycles. The van der Waals surface area contributed by atoms with Crippen molar-refractivity contribution in [2.45, 2.75) is 11.5 Å². The van der Waals surface area contributed by atoms with E-state index in [1.54, 1.807) is 24.3 Å². The number of benzene rings is 2. The predicted molar refractivity (Wildman–Crippen MR) is 87.3 cm³/mol.